The lowest BCUT2D eigenvalue weighted by molar-refractivity contribution is -0.138. The maximum Gasteiger partial charge on any atom is 0.335 e. The zero-order valence-electron chi connectivity index (χ0n) is 13.0. The van der Waals surface area contributed by atoms with Crippen molar-refractivity contribution in [1.82, 2.24) is 5.32 Å². The summed E-state index contributed by atoms with van der Waals surface area (Å²) in [4.78, 5) is 12.1. The van der Waals surface area contributed by atoms with Crippen molar-refractivity contribution in [2.24, 2.45) is 0 Å². The quantitative estimate of drug-likeness (QED) is 0.838. The molecule has 1 aliphatic carbocycles. The van der Waals surface area contributed by atoms with Crippen molar-refractivity contribution >= 4 is 5.97 Å². The second-order valence-electron chi connectivity index (χ2n) is 5.52. The van der Waals surface area contributed by atoms with E-state index >= 15 is 0 Å². The Balaban J connectivity index is 2.09. The van der Waals surface area contributed by atoms with Crippen LogP contribution >= 0.6 is 0 Å². The minimum absolute atomic E-state index is 0.0850. The first kappa shape index (κ1) is 15.8. The molecular weight excluding hydrogens is 262 g/mol. The number of ether oxygens (including phenoxy) is 1. The van der Waals surface area contributed by atoms with Gasteiger partial charge in [-0.05, 0) is 38.7 Å². The monoisotopic (exact) mass is 287 g/mol. The Hall–Kier alpha value is -1.61. The summed E-state index contributed by atoms with van der Waals surface area (Å²) in [5, 5.41) is 3.60. The average molecular weight is 287 g/mol. The minimum atomic E-state index is -0.169. The summed E-state index contributed by atoms with van der Waals surface area (Å²) in [6.07, 6.45) is 6.29. The summed E-state index contributed by atoms with van der Waals surface area (Å²) in [6.45, 7) is 4.42. The average Bonchev–Trinajstić information content (AvgIpc) is 2.74. The molecule has 0 saturated carbocycles. The Kier molecular flexibility index (Phi) is 6.00. The van der Waals surface area contributed by atoms with Gasteiger partial charge in [-0.3, -0.25) is 0 Å². The second kappa shape index (κ2) is 7.99. The molecule has 114 valence electrons. The zero-order chi connectivity index (χ0) is 15.1. The van der Waals surface area contributed by atoms with Gasteiger partial charge in [0.1, 0.15) is 0 Å². The van der Waals surface area contributed by atoms with Gasteiger partial charge in [0, 0.05) is 12.1 Å². The highest BCUT2D eigenvalue weighted by Gasteiger charge is 2.24. The lowest BCUT2D eigenvalue weighted by atomic mass is 10.0. The molecule has 0 aromatic heterocycles. The summed E-state index contributed by atoms with van der Waals surface area (Å²) in [6, 6.07) is 10.6. The SMILES string of the molecule is CCOC(=O)C1=CCCCC[C@@H]1N[C@H](C)c1ccccc1. The first-order valence-electron chi connectivity index (χ1n) is 7.90. The van der Waals surface area contributed by atoms with Gasteiger partial charge in [0.15, 0.2) is 0 Å². The van der Waals surface area contributed by atoms with Crippen LogP contribution in [0.25, 0.3) is 0 Å². The maximum absolute atomic E-state index is 12.1. The molecule has 0 fully saturated rings. The number of hydrogen-bond donors (Lipinski definition) is 1. The van der Waals surface area contributed by atoms with Crippen LogP contribution < -0.4 is 5.32 Å². The molecule has 0 unspecified atom stereocenters. The fourth-order valence-corrected chi connectivity index (χ4v) is 2.80. The number of nitrogens with one attached hydrogen (secondary N) is 1. The molecule has 0 amide bonds. The standard InChI is InChI=1S/C18H25NO2/c1-3-21-18(20)16-12-8-5-9-13-17(16)19-14(2)15-10-6-4-7-11-15/h4,6-7,10-12,14,17,19H,3,5,8-9,13H2,1-2H3/t14-,17+/m1/s1. The summed E-state index contributed by atoms with van der Waals surface area (Å²) < 4.78 is 5.21. The third-order valence-electron chi connectivity index (χ3n) is 3.95. The molecule has 21 heavy (non-hydrogen) atoms. The lowest BCUT2D eigenvalue weighted by Gasteiger charge is -2.24. The van der Waals surface area contributed by atoms with Crippen LogP contribution in [-0.2, 0) is 9.53 Å². The summed E-state index contributed by atoms with van der Waals surface area (Å²) in [5.74, 6) is -0.169. The molecule has 1 aliphatic rings. The molecule has 2 atom stereocenters. The predicted molar refractivity (Wildman–Crippen MR) is 85.0 cm³/mol. The van der Waals surface area contributed by atoms with Crippen LogP contribution in [0.2, 0.25) is 0 Å². The first-order chi connectivity index (χ1) is 10.2. The van der Waals surface area contributed by atoms with Crippen molar-refractivity contribution in [2.75, 3.05) is 6.61 Å². The maximum atomic E-state index is 12.1. The number of esters is 1. The van der Waals surface area contributed by atoms with E-state index in [1.165, 1.54) is 5.56 Å². The number of benzene rings is 1. The van der Waals surface area contributed by atoms with Gasteiger partial charge >= 0.3 is 5.97 Å². The van der Waals surface area contributed by atoms with Crippen LogP contribution in [0.3, 0.4) is 0 Å². The van der Waals surface area contributed by atoms with E-state index in [9.17, 15) is 4.79 Å². The second-order valence-corrected chi connectivity index (χ2v) is 5.52. The summed E-state index contributed by atoms with van der Waals surface area (Å²) in [5.41, 5.74) is 2.04. The van der Waals surface area contributed by atoms with E-state index in [1.54, 1.807) is 0 Å². The molecular formula is C18H25NO2. The fourth-order valence-electron chi connectivity index (χ4n) is 2.80. The highest BCUT2D eigenvalue weighted by atomic mass is 16.5. The highest BCUT2D eigenvalue weighted by molar-refractivity contribution is 5.89. The van der Waals surface area contributed by atoms with Gasteiger partial charge in [0.25, 0.3) is 0 Å². The van der Waals surface area contributed by atoms with E-state index in [0.717, 1.165) is 31.3 Å². The third-order valence-corrected chi connectivity index (χ3v) is 3.95. The van der Waals surface area contributed by atoms with Gasteiger partial charge in [-0.25, -0.2) is 4.79 Å². The van der Waals surface area contributed by atoms with E-state index in [4.69, 9.17) is 4.74 Å². The normalized spacial score (nSPS) is 20.3. The van der Waals surface area contributed by atoms with Gasteiger partial charge < -0.3 is 10.1 Å². The Morgan fingerprint density at radius 3 is 2.81 bits per heavy atom. The molecule has 3 nitrogen and oxygen atoms in total. The van der Waals surface area contributed by atoms with E-state index in [0.29, 0.717) is 6.61 Å². The van der Waals surface area contributed by atoms with E-state index in [-0.39, 0.29) is 18.1 Å². The molecule has 0 bridgehead atoms. The van der Waals surface area contributed by atoms with Crippen LogP contribution in [0.4, 0.5) is 0 Å². The third kappa shape index (κ3) is 4.43. The van der Waals surface area contributed by atoms with Crippen LogP contribution in [0, 0.1) is 0 Å². The molecule has 1 aromatic rings. The van der Waals surface area contributed by atoms with Gasteiger partial charge in [-0.15, -0.1) is 0 Å². The molecule has 0 heterocycles. The van der Waals surface area contributed by atoms with Crippen molar-refractivity contribution < 1.29 is 9.53 Å². The topological polar surface area (TPSA) is 38.3 Å². The predicted octanol–water partition coefficient (Wildman–Crippen LogP) is 3.77. The number of hydrogen-bond acceptors (Lipinski definition) is 3. The Morgan fingerprint density at radius 2 is 2.10 bits per heavy atom. The van der Waals surface area contributed by atoms with Crippen LogP contribution in [-0.4, -0.2) is 18.6 Å². The smallest absolute Gasteiger partial charge is 0.335 e. The molecule has 0 aliphatic heterocycles. The molecule has 3 heteroatoms. The van der Waals surface area contributed by atoms with Crippen molar-refractivity contribution in [3.8, 4) is 0 Å². The highest BCUT2D eigenvalue weighted by Crippen LogP contribution is 2.22. The Morgan fingerprint density at radius 1 is 1.33 bits per heavy atom. The van der Waals surface area contributed by atoms with Crippen molar-refractivity contribution in [3.05, 3.63) is 47.5 Å². The minimum Gasteiger partial charge on any atom is -0.463 e. The summed E-state index contributed by atoms with van der Waals surface area (Å²) >= 11 is 0. The van der Waals surface area contributed by atoms with Crippen molar-refractivity contribution in [3.63, 3.8) is 0 Å². The molecule has 0 radical (unpaired) electrons. The molecule has 1 aromatic carbocycles. The zero-order valence-corrected chi connectivity index (χ0v) is 13.0. The Labute approximate surface area is 127 Å². The number of rotatable bonds is 5. The fraction of sp³-hybridized carbons (Fsp3) is 0.500. The lowest BCUT2D eigenvalue weighted by Crippen LogP contribution is -2.36. The number of carbonyl (C=O) groups is 1. The van der Waals surface area contributed by atoms with Crippen LogP contribution in [0.1, 0.15) is 51.1 Å². The van der Waals surface area contributed by atoms with Crippen molar-refractivity contribution in [2.45, 2.75) is 51.6 Å². The Bertz CT molecular complexity index is 481. The van der Waals surface area contributed by atoms with Gasteiger partial charge in [-0.1, -0.05) is 42.8 Å². The molecule has 0 spiro atoms. The number of carbonyl (C=O) groups excluding carboxylic acids is 1. The van der Waals surface area contributed by atoms with Gasteiger partial charge in [-0.2, -0.15) is 0 Å². The van der Waals surface area contributed by atoms with Crippen LogP contribution in [0.5, 0.6) is 0 Å². The van der Waals surface area contributed by atoms with Gasteiger partial charge in [0.2, 0.25) is 0 Å². The largest absolute Gasteiger partial charge is 0.463 e. The van der Waals surface area contributed by atoms with E-state index in [1.807, 2.05) is 25.1 Å². The van der Waals surface area contributed by atoms with Crippen LogP contribution in [0.15, 0.2) is 42.0 Å². The van der Waals surface area contributed by atoms with Crippen molar-refractivity contribution in [1.29, 1.82) is 0 Å². The number of allylic oxidation sites excluding steroid dienone is 1. The van der Waals surface area contributed by atoms with Gasteiger partial charge in [0.05, 0.1) is 12.2 Å². The molecule has 1 N–H and O–H groups in total. The van der Waals surface area contributed by atoms with E-state index in [2.05, 4.69) is 30.4 Å². The molecule has 2 rings (SSSR count). The summed E-state index contributed by atoms with van der Waals surface area (Å²) in [7, 11) is 0. The molecule has 0 saturated heterocycles. The first-order valence-corrected chi connectivity index (χ1v) is 7.90. The van der Waals surface area contributed by atoms with E-state index < -0.39 is 0 Å².